The molecule has 0 unspecified atom stereocenters. The number of carbonyl (C=O) groups excluding carboxylic acids is 1. The van der Waals surface area contributed by atoms with E-state index in [2.05, 4.69) is 25.9 Å². The minimum atomic E-state index is -0.321. The fourth-order valence-electron chi connectivity index (χ4n) is 0.364. The number of hydrogen-bond acceptors (Lipinski definition) is 2. The number of nitrogens with zero attached hydrogens (tertiary/aromatic N) is 1. The molecule has 0 saturated carbocycles. The molecule has 44 valence electrons. The van der Waals surface area contributed by atoms with Crippen molar-refractivity contribution in [2.24, 2.45) is 0 Å². The monoisotopic (exact) mass is 154 g/mol. The van der Waals surface area contributed by atoms with Crippen molar-refractivity contribution in [1.82, 2.24) is 10.2 Å². The Hall–Kier alpha value is -0.614. The van der Waals surface area contributed by atoms with Crippen LogP contribution in [0.5, 0.6) is 0 Å². The Morgan fingerprint density at radius 1 is 1.88 bits per heavy atom. The number of nitrogens with one attached hydrogen (secondary N) is 1. The third kappa shape index (κ3) is 0.961. The van der Waals surface area contributed by atoms with Crippen molar-refractivity contribution in [2.75, 3.05) is 0 Å². The Kier molecular flexibility index (Phi) is 1.45. The fourth-order valence-corrected chi connectivity index (χ4v) is 0.508. The van der Waals surface area contributed by atoms with Gasteiger partial charge in [-0.15, -0.1) is 0 Å². The van der Waals surface area contributed by atoms with Gasteiger partial charge in [0.1, 0.15) is 0 Å². The minimum absolute atomic E-state index is 0.321. The van der Waals surface area contributed by atoms with E-state index in [1.165, 1.54) is 0 Å². The average Bonchev–Trinajstić information content (AvgIpc) is 2.12. The summed E-state index contributed by atoms with van der Waals surface area (Å²) in [7, 11) is 0. The van der Waals surface area contributed by atoms with Gasteiger partial charge in [0.25, 0.3) is 0 Å². The van der Waals surface area contributed by atoms with Gasteiger partial charge < -0.3 is 0 Å². The molecule has 1 rings (SSSR count). The summed E-state index contributed by atoms with van der Waals surface area (Å²) >= 11 is 3.58. The van der Waals surface area contributed by atoms with Gasteiger partial charge in [-0.25, -0.2) is 0 Å². The molecule has 0 aliphatic heterocycles. The molecule has 1 N–H and O–H groups in total. The van der Waals surface area contributed by atoms with Crippen LogP contribution in [0.15, 0.2) is 12.3 Å². The third-order valence-electron chi connectivity index (χ3n) is 0.691. The topological polar surface area (TPSA) is 45.8 Å². The van der Waals surface area contributed by atoms with Crippen LogP contribution in [0.1, 0.15) is 10.5 Å². The van der Waals surface area contributed by atoms with Crippen molar-refractivity contribution in [2.45, 2.75) is 0 Å². The quantitative estimate of drug-likeness (QED) is 0.623. The molecule has 0 saturated heterocycles. The van der Waals surface area contributed by atoms with Crippen LogP contribution in [-0.4, -0.2) is 14.9 Å². The van der Waals surface area contributed by atoms with Gasteiger partial charge >= 0.3 is 53.4 Å². The molecule has 0 atom stereocenters. The molecular weight excluding hydrogens is 151 g/mol. The van der Waals surface area contributed by atoms with Crippen LogP contribution in [0.3, 0.4) is 0 Å². The Morgan fingerprint density at radius 2 is 2.62 bits per heavy atom. The average molecular weight is 154 g/mol. The van der Waals surface area contributed by atoms with Gasteiger partial charge in [-0.05, 0) is 0 Å². The number of H-pyrrole nitrogens is 1. The summed E-state index contributed by atoms with van der Waals surface area (Å²) < 4.78 is -0.321. The standard InChI is InChI=1S/C4H3N2O.Co/c7-3-4-1-2-5-6-4;/h1-2H,(H,5,6);. The van der Waals surface area contributed by atoms with Crippen molar-refractivity contribution < 1.29 is 20.5 Å². The molecule has 0 aromatic carbocycles. The molecular formula is C4H3CoN2O. The van der Waals surface area contributed by atoms with Crippen molar-refractivity contribution in [3.05, 3.63) is 18.0 Å². The second kappa shape index (κ2) is 2.10. The number of aromatic amines is 1. The van der Waals surface area contributed by atoms with Gasteiger partial charge in [0.05, 0.1) is 0 Å². The molecule has 4 heteroatoms. The molecule has 0 radical (unpaired) electrons. The number of carbonyl (C=O) groups is 1. The Labute approximate surface area is 54.1 Å². The molecule has 0 fully saturated rings. The van der Waals surface area contributed by atoms with E-state index in [1.54, 1.807) is 12.3 Å². The van der Waals surface area contributed by atoms with Crippen molar-refractivity contribution in [1.29, 1.82) is 0 Å². The zero-order chi connectivity index (χ0) is 5.98. The first-order chi connectivity index (χ1) is 3.80. The van der Waals surface area contributed by atoms with Crippen LogP contribution in [0, 0.1) is 0 Å². The first-order valence-corrected chi connectivity index (χ1v) is 2.50. The molecule has 0 aliphatic rings. The van der Waals surface area contributed by atoms with Crippen molar-refractivity contribution in [3.8, 4) is 0 Å². The normalized spacial score (nSPS) is 9.25. The number of aromatic nitrogens is 2. The predicted molar refractivity (Wildman–Crippen MR) is 22.9 cm³/mol. The van der Waals surface area contributed by atoms with E-state index >= 15 is 0 Å². The SMILES string of the molecule is O=[C]([Co])c1cc[nH]n1. The van der Waals surface area contributed by atoms with E-state index in [0.717, 1.165) is 0 Å². The van der Waals surface area contributed by atoms with Crippen LogP contribution in [-0.2, 0) is 15.7 Å². The summed E-state index contributed by atoms with van der Waals surface area (Å²) in [5.41, 5.74) is 0.352. The molecule has 3 nitrogen and oxygen atoms in total. The van der Waals surface area contributed by atoms with E-state index in [9.17, 15) is 4.79 Å². The van der Waals surface area contributed by atoms with Gasteiger partial charge in [-0.1, -0.05) is 0 Å². The molecule has 0 bridgehead atoms. The van der Waals surface area contributed by atoms with Crippen LogP contribution < -0.4 is 0 Å². The first kappa shape index (κ1) is 5.52. The van der Waals surface area contributed by atoms with Crippen LogP contribution >= 0.6 is 0 Å². The summed E-state index contributed by atoms with van der Waals surface area (Å²) in [6, 6.07) is 1.56. The zero-order valence-corrected chi connectivity index (χ0v) is 4.88. The second-order valence-corrected chi connectivity index (χ2v) is 1.69. The van der Waals surface area contributed by atoms with Crippen molar-refractivity contribution >= 4 is 4.72 Å². The Balaban J connectivity index is 2.93. The summed E-state index contributed by atoms with van der Waals surface area (Å²) in [5, 5.41) is 6.05. The van der Waals surface area contributed by atoms with E-state index in [1.807, 2.05) is 0 Å². The van der Waals surface area contributed by atoms with Gasteiger partial charge in [-0.2, -0.15) is 0 Å². The summed E-state index contributed by atoms with van der Waals surface area (Å²) in [6.45, 7) is 0. The first-order valence-electron chi connectivity index (χ1n) is 1.98. The molecule has 0 aliphatic carbocycles. The van der Waals surface area contributed by atoms with Gasteiger partial charge in [0.2, 0.25) is 0 Å². The molecule has 8 heavy (non-hydrogen) atoms. The third-order valence-corrected chi connectivity index (χ3v) is 0.957. The Morgan fingerprint density at radius 3 is 2.88 bits per heavy atom. The molecule has 1 aromatic rings. The summed E-state index contributed by atoms with van der Waals surface area (Å²) in [4.78, 5) is 10.3. The zero-order valence-electron chi connectivity index (χ0n) is 3.84. The maximum absolute atomic E-state index is 10.3. The van der Waals surface area contributed by atoms with E-state index in [-0.39, 0.29) is 4.72 Å². The molecule has 1 heterocycles. The van der Waals surface area contributed by atoms with Gasteiger partial charge in [0.15, 0.2) is 0 Å². The molecule has 0 amide bonds. The molecule has 1 aromatic heterocycles. The van der Waals surface area contributed by atoms with Crippen LogP contribution in [0.25, 0.3) is 0 Å². The second-order valence-electron chi connectivity index (χ2n) is 1.21. The number of rotatable bonds is 1. The fraction of sp³-hybridized carbons (Fsp3) is 0. The summed E-state index contributed by atoms with van der Waals surface area (Å²) in [5.74, 6) is 0. The number of hydrogen-bond donors (Lipinski definition) is 1. The van der Waals surface area contributed by atoms with Gasteiger partial charge in [0, 0.05) is 0 Å². The maximum atomic E-state index is 10.3. The Bertz CT molecular complexity index is 182. The van der Waals surface area contributed by atoms with E-state index in [0.29, 0.717) is 5.69 Å². The van der Waals surface area contributed by atoms with Crippen LogP contribution in [0.4, 0.5) is 0 Å². The van der Waals surface area contributed by atoms with E-state index < -0.39 is 0 Å². The van der Waals surface area contributed by atoms with Crippen LogP contribution in [0.2, 0.25) is 0 Å². The predicted octanol–water partition coefficient (Wildman–Crippen LogP) is 0.0967. The van der Waals surface area contributed by atoms with E-state index in [4.69, 9.17) is 0 Å². The van der Waals surface area contributed by atoms with Crippen molar-refractivity contribution in [3.63, 3.8) is 0 Å². The summed E-state index contributed by atoms with van der Waals surface area (Å²) in [6.07, 6.45) is 1.57. The van der Waals surface area contributed by atoms with Gasteiger partial charge in [-0.3, -0.25) is 0 Å². The molecule has 0 spiro atoms.